The molecule has 0 heterocycles. The van der Waals surface area contributed by atoms with Gasteiger partial charge in [-0.2, -0.15) is 0 Å². The van der Waals surface area contributed by atoms with E-state index in [2.05, 4.69) is 10.6 Å². The van der Waals surface area contributed by atoms with Gasteiger partial charge in [0.15, 0.2) is 0 Å². The largest absolute Gasteiger partial charge is 0.323 e. The molecule has 1 atom stereocenters. The third-order valence-electron chi connectivity index (χ3n) is 2.01. The average molecular weight is 247 g/mol. The molecule has 0 saturated heterocycles. The SMILES string of the molecule is CNC(C)C(=O)Nc1cc(Cl)ccc1Cl. The summed E-state index contributed by atoms with van der Waals surface area (Å²) in [5.74, 6) is -0.151. The Balaban J connectivity index is 2.80. The summed E-state index contributed by atoms with van der Waals surface area (Å²) in [5.41, 5.74) is 0.524. The second kappa shape index (κ2) is 5.35. The normalized spacial score (nSPS) is 12.3. The lowest BCUT2D eigenvalue weighted by Gasteiger charge is -2.12. The molecule has 0 aromatic heterocycles. The summed E-state index contributed by atoms with van der Waals surface area (Å²) >= 11 is 11.7. The predicted octanol–water partition coefficient (Wildman–Crippen LogP) is 2.54. The van der Waals surface area contributed by atoms with Crippen LogP contribution >= 0.6 is 23.2 Å². The molecule has 0 bridgehead atoms. The number of hydrogen-bond donors (Lipinski definition) is 2. The van der Waals surface area contributed by atoms with Crippen molar-refractivity contribution in [1.82, 2.24) is 5.32 Å². The van der Waals surface area contributed by atoms with E-state index in [0.29, 0.717) is 15.7 Å². The van der Waals surface area contributed by atoms with E-state index in [1.54, 1.807) is 32.2 Å². The summed E-state index contributed by atoms with van der Waals surface area (Å²) in [6, 6.07) is 4.65. The molecule has 2 N–H and O–H groups in total. The first kappa shape index (κ1) is 12.3. The van der Waals surface area contributed by atoms with E-state index < -0.39 is 0 Å². The number of carbonyl (C=O) groups is 1. The van der Waals surface area contributed by atoms with Gasteiger partial charge in [-0.15, -0.1) is 0 Å². The van der Waals surface area contributed by atoms with Gasteiger partial charge in [-0.3, -0.25) is 4.79 Å². The second-order valence-corrected chi connectivity index (χ2v) is 3.97. The summed E-state index contributed by atoms with van der Waals surface area (Å²) in [6.45, 7) is 1.76. The molecule has 0 aliphatic rings. The molecule has 0 aliphatic carbocycles. The Bertz CT molecular complexity index is 368. The zero-order valence-electron chi connectivity index (χ0n) is 8.47. The Labute approximate surface area is 98.8 Å². The number of hydrogen-bond acceptors (Lipinski definition) is 2. The van der Waals surface area contributed by atoms with Crippen molar-refractivity contribution >= 4 is 34.8 Å². The minimum Gasteiger partial charge on any atom is -0.323 e. The number of carbonyl (C=O) groups excluding carboxylic acids is 1. The van der Waals surface area contributed by atoms with Crippen molar-refractivity contribution in [3.63, 3.8) is 0 Å². The zero-order chi connectivity index (χ0) is 11.4. The summed E-state index contributed by atoms with van der Waals surface area (Å²) < 4.78 is 0. The summed E-state index contributed by atoms with van der Waals surface area (Å²) in [4.78, 5) is 11.5. The lowest BCUT2D eigenvalue weighted by molar-refractivity contribution is -0.117. The monoisotopic (exact) mass is 246 g/mol. The minimum absolute atomic E-state index is 0.151. The maximum absolute atomic E-state index is 11.5. The first-order valence-electron chi connectivity index (χ1n) is 4.47. The quantitative estimate of drug-likeness (QED) is 0.861. The van der Waals surface area contributed by atoms with Gasteiger partial charge >= 0.3 is 0 Å². The molecule has 0 fully saturated rings. The lowest BCUT2D eigenvalue weighted by atomic mass is 10.2. The Hall–Kier alpha value is -0.770. The second-order valence-electron chi connectivity index (χ2n) is 3.12. The topological polar surface area (TPSA) is 41.1 Å². The average Bonchev–Trinajstić information content (AvgIpc) is 2.22. The molecule has 0 aliphatic heterocycles. The maximum Gasteiger partial charge on any atom is 0.241 e. The van der Waals surface area contributed by atoms with E-state index in [0.717, 1.165) is 0 Å². The van der Waals surface area contributed by atoms with Gasteiger partial charge in [-0.25, -0.2) is 0 Å². The molecule has 82 valence electrons. The maximum atomic E-state index is 11.5. The van der Waals surface area contributed by atoms with Crippen LogP contribution in [0.25, 0.3) is 0 Å². The third-order valence-corrected chi connectivity index (χ3v) is 2.58. The van der Waals surface area contributed by atoms with Crippen molar-refractivity contribution in [3.8, 4) is 0 Å². The van der Waals surface area contributed by atoms with Crippen LogP contribution in [0.4, 0.5) is 5.69 Å². The fourth-order valence-corrected chi connectivity index (χ4v) is 1.30. The highest BCUT2D eigenvalue weighted by Crippen LogP contribution is 2.25. The molecular weight excluding hydrogens is 235 g/mol. The highest BCUT2D eigenvalue weighted by molar-refractivity contribution is 6.35. The molecule has 5 heteroatoms. The lowest BCUT2D eigenvalue weighted by Crippen LogP contribution is -2.35. The van der Waals surface area contributed by atoms with Gasteiger partial charge in [-0.1, -0.05) is 23.2 Å². The smallest absolute Gasteiger partial charge is 0.241 e. The van der Waals surface area contributed by atoms with E-state index in [-0.39, 0.29) is 11.9 Å². The molecule has 15 heavy (non-hydrogen) atoms. The van der Waals surface area contributed by atoms with Gasteiger partial charge in [-0.05, 0) is 32.2 Å². The third kappa shape index (κ3) is 3.38. The van der Waals surface area contributed by atoms with Gasteiger partial charge in [0.2, 0.25) is 5.91 Å². The standard InChI is InChI=1S/C10H12Cl2N2O/c1-6(13-2)10(15)14-9-5-7(11)3-4-8(9)12/h3-6,13H,1-2H3,(H,14,15). The van der Waals surface area contributed by atoms with Crippen LogP contribution in [-0.4, -0.2) is 19.0 Å². The number of likely N-dealkylation sites (N-methyl/N-ethyl adjacent to an activating group) is 1. The Kier molecular flexibility index (Phi) is 4.39. The van der Waals surface area contributed by atoms with Crippen molar-refractivity contribution in [2.75, 3.05) is 12.4 Å². The van der Waals surface area contributed by atoms with Gasteiger partial charge in [0.05, 0.1) is 16.8 Å². The Morgan fingerprint density at radius 2 is 2.07 bits per heavy atom. The summed E-state index contributed by atoms with van der Waals surface area (Å²) in [6.07, 6.45) is 0. The first-order chi connectivity index (χ1) is 7.04. The Morgan fingerprint density at radius 1 is 1.40 bits per heavy atom. The fourth-order valence-electron chi connectivity index (χ4n) is 0.965. The number of benzene rings is 1. The van der Waals surface area contributed by atoms with Crippen LogP contribution in [0, 0.1) is 0 Å². The molecule has 1 amide bonds. The van der Waals surface area contributed by atoms with Crippen LogP contribution in [0.1, 0.15) is 6.92 Å². The van der Waals surface area contributed by atoms with Crippen LogP contribution in [-0.2, 0) is 4.79 Å². The zero-order valence-corrected chi connectivity index (χ0v) is 9.99. The number of anilines is 1. The van der Waals surface area contributed by atoms with E-state index >= 15 is 0 Å². The van der Waals surface area contributed by atoms with Gasteiger partial charge < -0.3 is 10.6 Å². The molecule has 0 spiro atoms. The molecule has 1 rings (SSSR count). The Morgan fingerprint density at radius 3 is 2.67 bits per heavy atom. The fraction of sp³-hybridized carbons (Fsp3) is 0.300. The number of nitrogens with one attached hydrogen (secondary N) is 2. The summed E-state index contributed by atoms with van der Waals surface area (Å²) in [7, 11) is 1.71. The molecule has 1 unspecified atom stereocenters. The predicted molar refractivity (Wildman–Crippen MR) is 63.6 cm³/mol. The van der Waals surface area contributed by atoms with Crippen molar-refractivity contribution < 1.29 is 4.79 Å². The van der Waals surface area contributed by atoms with Crippen molar-refractivity contribution in [1.29, 1.82) is 0 Å². The van der Waals surface area contributed by atoms with Crippen molar-refractivity contribution in [2.24, 2.45) is 0 Å². The molecule has 3 nitrogen and oxygen atoms in total. The molecule has 1 aromatic rings. The summed E-state index contributed by atoms with van der Waals surface area (Å²) in [5, 5.41) is 6.52. The van der Waals surface area contributed by atoms with Crippen LogP contribution < -0.4 is 10.6 Å². The van der Waals surface area contributed by atoms with Crippen LogP contribution in [0.15, 0.2) is 18.2 Å². The van der Waals surface area contributed by atoms with Crippen LogP contribution in [0.3, 0.4) is 0 Å². The van der Waals surface area contributed by atoms with Gasteiger partial charge in [0, 0.05) is 5.02 Å². The van der Waals surface area contributed by atoms with Crippen LogP contribution in [0.2, 0.25) is 10.0 Å². The van der Waals surface area contributed by atoms with E-state index in [9.17, 15) is 4.79 Å². The highest BCUT2D eigenvalue weighted by Gasteiger charge is 2.11. The van der Waals surface area contributed by atoms with E-state index in [4.69, 9.17) is 23.2 Å². The first-order valence-corrected chi connectivity index (χ1v) is 5.23. The highest BCUT2D eigenvalue weighted by atomic mass is 35.5. The molecule has 0 radical (unpaired) electrons. The molecule has 1 aromatic carbocycles. The van der Waals surface area contributed by atoms with Gasteiger partial charge in [0.25, 0.3) is 0 Å². The van der Waals surface area contributed by atoms with Crippen LogP contribution in [0.5, 0.6) is 0 Å². The van der Waals surface area contributed by atoms with Gasteiger partial charge in [0.1, 0.15) is 0 Å². The molecular formula is C10H12Cl2N2O. The van der Waals surface area contributed by atoms with E-state index in [1.165, 1.54) is 0 Å². The van der Waals surface area contributed by atoms with Crippen molar-refractivity contribution in [2.45, 2.75) is 13.0 Å². The number of amides is 1. The number of halogens is 2. The van der Waals surface area contributed by atoms with Crippen molar-refractivity contribution in [3.05, 3.63) is 28.2 Å². The van der Waals surface area contributed by atoms with E-state index in [1.807, 2.05) is 0 Å². The molecule has 0 saturated carbocycles. The minimum atomic E-state index is -0.278. The number of rotatable bonds is 3.